The number of amides is 5. The summed E-state index contributed by atoms with van der Waals surface area (Å²) in [5.41, 5.74) is 14.0. The zero-order valence-corrected chi connectivity index (χ0v) is 26.4. The van der Waals surface area contributed by atoms with E-state index in [1.165, 1.54) is 29.2 Å². The Balaban J connectivity index is 1.36. The van der Waals surface area contributed by atoms with Gasteiger partial charge in [0.2, 0.25) is 29.5 Å². The Morgan fingerprint density at radius 3 is 2.45 bits per heavy atom. The molecule has 5 amide bonds. The Morgan fingerprint density at radius 1 is 1.06 bits per heavy atom. The molecule has 1 fully saturated rings. The number of likely N-dealkylation sites (tertiary alicyclic amines) is 1. The first kappa shape index (κ1) is 35.0. The van der Waals surface area contributed by atoms with Crippen molar-refractivity contribution in [3.8, 4) is 0 Å². The minimum atomic E-state index is -1.08. The molecular formula is C33H42FN7O6. The van der Waals surface area contributed by atoms with E-state index in [0.717, 1.165) is 16.5 Å². The van der Waals surface area contributed by atoms with Crippen LogP contribution < -0.4 is 27.4 Å². The molecule has 3 aromatic rings. The molecule has 1 aromatic heterocycles. The van der Waals surface area contributed by atoms with Crippen LogP contribution in [0.1, 0.15) is 37.8 Å². The first-order valence-corrected chi connectivity index (χ1v) is 15.6. The van der Waals surface area contributed by atoms with Crippen LogP contribution in [-0.4, -0.2) is 87.9 Å². The second kappa shape index (κ2) is 15.6. The van der Waals surface area contributed by atoms with Crippen LogP contribution in [0, 0.1) is 11.7 Å². The van der Waals surface area contributed by atoms with E-state index in [2.05, 4.69) is 20.9 Å². The number of aliphatic hydroxyl groups is 1. The predicted molar refractivity (Wildman–Crippen MR) is 172 cm³/mol. The van der Waals surface area contributed by atoms with E-state index in [4.69, 9.17) is 11.5 Å². The molecule has 47 heavy (non-hydrogen) atoms. The SMILES string of the molecule is CC[C@H](C)[C@H](NC(=O)[C@H]1C[C@H](O)CN1C(=O)[C@@H](N)Cc1ccc(F)cc1)C(=O)NCC(=O)N[C@@H](Cc1c[nH]c2ccccc12)C(N)=O. The smallest absolute Gasteiger partial charge is 0.243 e. The number of H-pyrrole nitrogens is 1. The third-order valence-corrected chi connectivity index (χ3v) is 8.54. The van der Waals surface area contributed by atoms with Gasteiger partial charge in [-0.1, -0.05) is 50.6 Å². The topological polar surface area (TPSA) is 213 Å². The Kier molecular flexibility index (Phi) is 11.7. The fourth-order valence-corrected chi connectivity index (χ4v) is 5.70. The van der Waals surface area contributed by atoms with Crippen LogP contribution in [0.25, 0.3) is 10.9 Å². The number of aromatic amines is 1. The van der Waals surface area contributed by atoms with Crippen LogP contribution in [0.3, 0.4) is 0 Å². The highest BCUT2D eigenvalue weighted by Gasteiger charge is 2.42. The first-order valence-electron chi connectivity index (χ1n) is 15.6. The molecule has 0 saturated carbocycles. The molecule has 1 aliphatic rings. The summed E-state index contributed by atoms with van der Waals surface area (Å²) in [6.07, 6.45) is 1.44. The van der Waals surface area contributed by atoms with E-state index in [0.29, 0.717) is 12.0 Å². The quantitative estimate of drug-likeness (QED) is 0.127. The second-order valence-electron chi connectivity index (χ2n) is 12.0. The number of primary amides is 1. The zero-order valence-electron chi connectivity index (χ0n) is 26.4. The van der Waals surface area contributed by atoms with Gasteiger partial charge in [-0.15, -0.1) is 0 Å². The maximum absolute atomic E-state index is 13.5. The molecule has 1 saturated heterocycles. The molecule has 14 heteroatoms. The Bertz CT molecular complexity index is 1600. The lowest BCUT2D eigenvalue weighted by Gasteiger charge is -2.29. The number of hydrogen-bond acceptors (Lipinski definition) is 7. The van der Waals surface area contributed by atoms with Gasteiger partial charge in [-0.25, -0.2) is 4.39 Å². The van der Waals surface area contributed by atoms with E-state index >= 15 is 0 Å². The highest BCUT2D eigenvalue weighted by molar-refractivity contribution is 5.95. The fourth-order valence-electron chi connectivity index (χ4n) is 5.70. The number of carbonyl (C=O) groups is 5. The van der Waals surface area contributed by atoms with Gasteiger partial charge in [0, 0.05) is 36.5 Å². The monoisotopic (exact) mass is 651 g/mol. The van der Waals surface area contributed by atoms with Crippen molar-refractivity contribution in [2.24, 2.45) is 17.4 Å². The van der Waals surface area contributed by atoms with Crippen LogP contribution in [-0.2, 0) is 36.8 Å². The Morgan fingerprint density at radius 2 is 1.77 bits per heavy atom. The highest BCUT2D eigenvalue weighted by atomic mass is 19.1. The third kappa shape index (κ3) is 8.92. The van der Waals surface area contributed by atoms with Gasteiger partial charge in [-0.05, 0) is 41.7 Å². The van der Waals surface area contributed by atoms with Crippen molar-refractivity contribution in [1.29, 1.82) is 0 Å². The molecule has 1 aliphatic heterocycles. The molecule has 13 nitrogen and oxygen atoms in total. The molecule has 6 atom stereocenters. The summed E-state index contributed by atoms with van der Waals surface area (Å²) in [7, 11) is 0. The molecule has 0 radical (unpaired) electrons. The van der Waals surface area contributed by atoms with Crippen molar-refractivity contribution in [3.63, 3.8) is 0 Å². The number of aromatic nitrogens is 1. The molecule has 252 valence electrons. The van der Waals surface area contributed by atoms with E-state index in [1.54, 1.807) is 13.1 Å². The lowest BCUT2D eigenvalue weighted by molar-refractivity contribution is -0.140. The van der Waals surface area contributed by atoms with Gasteiger partial charge >= 0.3 is 0 Å². The standard InChI is InChI=1S/C33H42FN7O6/c1-3-18(2)29(32(46)38-16-28(43)39-26(30(36)44)13-20-15-37-25-7-5-4-6-23(20)25)40-31(45)27-14-22(42)17-41(27)33(47)24(35)12-19-8-10-21(34)11-9-19/h4-11,15,18,22,24,26-27,29,37,42H,3,12-14,16-17,35H2,1-2H3,(H2,36,44)(H,38,46)(H,39,43)(H,40,45)/t18-,22-,24-,26-,27+,29-/m0/s1. The third-order valence-electron chi connectivity index (χ3n) is 8.54. The van der Waals surface area contributed by atoms with Crippen LogP contribution in [0.2, 0.25) is 0 Å². The maximum Gasteiger partial charge on any atom is 0.243 e. The average Bonchev–Trinajstić information content (AvgIpc) is 3.65. The second-order valence-corrected chi connectivity index (χ2v) is 12.0. The number of nitrogens with one attached hydrogen (secondary N) is 4. The van der Waals surface area contributed by atoms with Crippen LogP contribution in [0.4, 0.5) is 4.39 Å². The van der Waals surface area contributed by atoms with Gasteiger partial charge in [-0.2, -0.15) is 0 Å². The fraction of sp³-hybridized carbons (Fsp3) is 0.424. The molecular weight excluding hydrogens is 609 g/mol. The molecule has 0 aliphatic carbocycles. The van der Waals surface area contributed by atoms with Crippen LogP contribution in [0.15, 0.2) is 54.7 Å². The van der Waals surface area contributed by atoms with Crippen molar-refractivity contribution in [1.82, 2.24) is 25.8 Å². The largest absolute Gasteiger partial charge is 0.391 e. The Hall–Kier alpha value is -4.82. The molecule has 4 rings (SSSR count). The summed E-state index contributed by atoms with van der Waals surface area (Å²) in [6, 6.07) is 8.80. The number of rotatable bonds is 14. The molecule has 2 aromatic carbocycles. The highest BCUT2D eigenvalue weighted by Crippen LogP contribution is 2.22. The number of nitrogens with zero attached hydrogens (tertiary/aromatic N) is 1. The number of carbonyl (C=O) groups excluding carboxylic acids is 5. The number of hydrogen-bond donors (Lipinski definition) is 7. The maximum atomic E-state index is 13.5. The summed E-state index contributed by atoms with van der Waals surface area (Å²) in [4.78, 5) is 69.2. The number of β-amino-alcohol motifs (C(OH)–C–C–N with tert-alkyl or cyclic N) is 1. The Labute approximate surface area is 271 Å². The zero-order chi connectivity index (χ0) is 34.2. The average molecular weight is 652 g/mol. The van der Waals surface area contributed by atoms with Gasteiger partial charge in [0.05, 0.1) is 18.7 Å². The summed E-state index contributed by atoms with van der Waals surface area (Å²) in [5, 5.41) is 19.0. The first-order chi connectivity index (χ1) is 22.4. The molecule has 0 spiro atoms. The van der Waals surface area contributed by atoms with Crippen LogP contribution >= 0.6 is 0 Å². The number of aliphatic hydroxyl groups excluding tert-OH is 1. The van der Waals surface area contributed by atoms with E-state index < -0.39 is 72.2 Å². The lowest BCUT2D eigenvalue weighted by Crippen LogP contribution is -2.57. The van der Waals surface area contributed by atoms with Crippen molar-refractivity contribution in [2.45, 2.75) is 69.8 Å². The van der Waals surface area contributed by atoms with Gasteiger partial charge < -0.3 is 42.4 Å². The summed E-state index contributed by atoms with van der Waals surface area (Å²) in [6.45, 7) is 2.98. The summed E-state index contributed by atoms with van der Waals surface area (Å²) < 4.78 is 13.3. The number of halogens is 1. The van der Waals surface area contributed by atoms with Gasteiger partial charge in [0.1, 0.15) is 23.9 Å². The van der Waals surface area contributed by atoms with Crippen molar-refractivity contribution >= 4 is 40.4 Å². The molecule has 9 N–H and O–H groups in total. The lowest BCUT2D eigenvalue weighted by atomic mass is 9.97. The van der Waals surface area contributed by atoms with Crippen molar-refractivity contribution in [2.75, 3.05) is 13.1 Å². The van der Waals surface area contributed by atoms with Crippen molar-refractivity contribution < 1.29 is 33.5 Å². The predicted octanol–water partition coefficient (Wildman–Crippen LogP) is -0.00150. The van der Waals surface area contributed by atoms with Gasteiger partial charge in [-0.3, -0.25) is 24.0 Å². The van der Waals surface area contributed by atoms with E-state index in [9.17, 15) is 33.5 Å². The molecule has 0 unspecified atom stereocenters. The number of nitrogens with two attached hydrogens (primary N) is 2. The number of para-hydroxylation sites is 1. The summed E-state index contributed by atoms with van der Waals surface area (Å²) in [5.74, 6) is -4.04. The number of fused-ring (bicyclic) bond motifs is 1. The van der Waals surface area contributed by atoms with Crippen molar-refractivity contribution in [3.05, 3.63) is 71.7 Å². The van der Waals surface area contributed by atoms with E-state index in [-0.39, 0.29) is 31.7 Å². The summed E-state index contributed by atoms with van der Waals surface area (Å²) >= 11 is 0. The normalized spacial score (nSPS) is 18.6. The molecule has 2 heterocycles. The number of benzene rings is 2. The molecule has 0 bridgehead atoms. The van der Waals surface area contributed by atoms with Crippen LogP contribution in [0.5, 0.6) is 0 Å². The van der Waals surface area contributed by atoms with Gasteiger partial charge in [0.15, 0.2) is 0 Å². The minimum absolute atomic E-state index is 0.0526. The minimum Gasteiger partial charge on any atom is -0.391 e. The van der Waals surface area contributed by atoms with Gasteiger partial charge in [0.25, 0.3) is 0 Å². The van der Waals surface area contributed by atoms with E-state index in [1.807, 2.05) is 31.2 Å².